The molecule has 3 N–H and O–H groups in total. The minimum atomic E-state index is -0.743. The second-order valence-corrected chi connectivity index (χ2v) is 5.43. The SMILES string of the molecule is CC.CC(C)(N)CC(C)(C)C1OC(=O)NC1=O. The van der Waals surface area contributed by atoms with Crippen LogP contribution in [0.1, 0.15) is 48.0 Å². The van der Waals surface area contributed by atoms with Crippen LogP contribution >= 0.6 is 0 Å². The molecule has 5 nitrogen and oxygen atoms in total. The van der Waals surface area contributed by atoms with E-state index in [0.717, 1.165) is 0 Å². The van der Waals surface area contributed by atoms with Crippen molar-refractivity contribution in [1.82, 2.24) is 5.32 Å². The molecule has 0 aliphatic carbocycles. The van der Waals surface area contributed by atoms with Gasteiger partial charge in [0.1, 0.15) is 0 Å². The Balaban J connectivity index is 0.00000121. The Morgan fingerprint density at radius 3 is 2.00 bits per heavy atom. The standard InChI is InChI=1S/C10H18N2O3.C2H6/c1-9(2,5-10(3,4)11)6-7(13)12-8(14)15-6;1-2/h6H,5,11H2,1-4H3,(H,12,13,14);1-2H3. The predicted octanol–water partition coefficient (Wildman–Crippen LogP) is 1.80. The molecule has 1 heterocycles. The van der Waals surface area contributed by atoms with Crippen LogP contribution in [0.4, 0.5) is 4.79 Å². The Kier molecular flexibility index (Phi) is 5.13. The quantitative estimate of drug-likeness (QED) is 0.793. The minimum Gasteiger partial charge on any atom is -0.435 e. The zero-order valence-electron chi connectivity index (χ0n) is 11.6. The van der Waals surface area contributed by atoms with Crippen molar-refractivity contribution in [2.75, 3.05) is 0 Å². The number of hydrogen-bond donors (Lipinski definition) is 2. The van der Waals surface area contributed by atoms with Gasteiger partial charge >= 0.3 is 6.09 Å². The first-order valence-electron chi connectivity index (χ1n) is 5.92. The van der Waals surface area contributed by atoms with Crippen molar-refractivity contribution in [1.29, 1.82) is 0 Å². The number of hydrogen-bond acceptors (Lipinski definition) is 4. The highest BCUT2D eigenvalue weighted by atomic mass is 16.6. The highest BCUT2D eigenvalue weighted by molar-refractivity contribution is 6.00. The first-order valence-corrected chi connectivity index (χ1v) is 5.92. The van der Waals surface area contributed by atoms with E-state index in [-0.39, 0.29) is 5.91 Å². The summed E-state index contributed by atoms with van der Waals surface area (Å²) in [5.74, 6) is -0.380. The van der Waals surface area contributed by atoms with Crippen molar-refractivity contribution < 1.29 is 14.3 Å². The molecule has 5 heteroatoms. The van der Waals surface area contributed by atoms with Crippen molar-refractivity contribution in [3.8, 4) is 0 Å². The fourth-order valence-corrected chi connectivity index (χ4v) is 2.14. The lowest BCUT2D eigenvalue weighted by atomic mass is 9.76. The minimum absolute atomic E-state index is 0.380. The van der Waals surface area contributed by atoms with Crippen LogP contribution in [-0.4, -0.2) is 23.6 Å². The summed E-state index contributed by atoms with van der Waals surface area (Å²) in [6.45, 7) is 11.5. The monoisotopic (exact) mass is 244 g/mol. The number of rotatable bonds is 3. The number of imide groups is 1. The molecular weight excluding hydrogens is 220 g/mol. The second-order valence-electron chi connectivity index (χ2n) is 5.43. The first-order chi connectivity index (χ1) is 7.62. The Morgan fingerprint density at radius 1 is 1.24 bits per heavy atom. The number of cyclic esters (lactones) is 1. The van der Waals surface area contributed by atoms with E-state index in [1.54, 1.807) is 0 Å². The molecule has 0 spiro atoms. The van der Waals surface area contributed by atoms with Crippen LogP contribution < -0.4 is 11.1 Å². The average Bonchev–Trinajstić information content (AvgIpc) is 2.45. The fourth-order valence-electron chi connectivity index (χ4n) is 2.14. The van der Waals surface area contributed by atoms with Gasteiger partial charge in [-0.1, -0.05) is 27.7 Å². The number of nitrogens with one attached hydrogen (secondary N) is 1. The van der Waals surface area contributed by atoms with E-state index < -0.39 is 23.2 Å². The summed E-state index contributed by atoms with van der Waals surface area (Å²) >= 11 is 0. The Labute approximate surface area is 103 Å². The Bertz CT molecular complexity index is 293. The lowest BCUT2D eigenvalue weighted by Gasteiger charge is -2.34. The molecule has 0 radical (unpaired) electrons. The molecule has 100 valence electrons. The maximum Gasteiger partial charge on any atom is 0.414 e. The van der Waals surface area contributed by atoms with Crippen LogP contribution in [0.2, 0.25) is 0 Å². The van der Waals surface area contributed by atoms with E-state index in [1.807, 2.05) is 41.5 Å². The van der Waals surface area contributed by atoms with Crippen LogP contribution in [0.25, 0.3) is 0 Å². The largest absolute Gasteiger partial charge is 0.435 e. The molecule has 0 aromatic carbocycles. The molecule has 1 rings (SSSR count). The predicted molar refractivity (Wildman–Crippen MR) is 66.4 cm³/mol. The zero-order valence-corrected chi connectivity index (χ0v) is 11.6. The highest BCUT2D eigenvalue weighted by Gasteiger charge is 2.45. The smallest absolute Gasteiger partial charge is 0.414 e. The molecule has 0 bridgehead atoms. The Morgan fingerprint density at radius 2 is 1.71 bits per heavy atom. The molecule has 0 aromatic rings. The van der Waals surface area contributed by atoms with Gasteiger partial charge in [-0.05, 0) is 20.3 Å². The molecule has 17 heavy (non-hydrogen) atoms. The van der Waals surface area contributed by atoms with Crippen molar-refractivity contribution in [3.63, 3.8) is 0 Å². The van der Waals surface area contributed by atoms with Crippen LogP contribution in [0.15, 0.2) is 0 Å². The third-order valence-corrected chi connectivity index (χ3v) is 2.31. The van der Waals surface area contributed by atoms with Gasteiger partial charge in [-0.15, -0.1) is 0 Å². The number of nitrogens with two attached hydrogens (primary N) is 1. The van der Waals surface area contributed by atoms with Crippen molar-refractivity contribution in [2.45, 2.75) is 59.6 Å². The van der Waals surface area contributed by atoms with E-state index in [2.05, 4.69) is 5.32 Å². The number of carbonyl (C=O) groups is 2. The molecule has 1 fully saturated rings. The number of ether oxygens (including phenoxy) is 1. The van der Waals surface area contributed by atoms with Crippen LogP contribution in [0, 0.1) is 5.41 Å². The average molecular weight is 244 g/mol. The summed E-state index contributed by atoms with van der Waals surface area (Å²) in [6.07, 6.45) is -0.827. The molecule has 0 saturated carbocycles. The van der Waals surface area contributed by atoms with Gasteiger partial charge in [0.15, 0.2) is 6.10 Å². The van der Waals surface area contributed by atoms with Crippen molar-refractivity contribution in [2.24, 2.45) is 11.1 Å². The van der Waals surface area contributed by atoms with E-state index in [1.165, 1.54) is 0 Å². The normalized spacial score (nSPS) is 20.3. The highest BCUT2D eigenvalue weighted by Crippen LogP contribution is 2.33. The molecule has 1 atom stereocenters. The van der Waals surface area contributed by atoms with Crippen LogP contribution in [0.3, 0.4) is 0 Å². The molecule has 0 aromatic heterocycles. The lowest BCUT2D eigenvalue weighted by molar-refractivity contribution is -0.128. The maximum absolute atomic E-state index is 11.4. The summed E-state index contributed by atoms with van der Waals surface area (Å²) in [4.78, 5) is 22.3. The maximum atomic E-state index is 11.4. The van der Waals surface area contributed by atoms with E-state index in [0.29, 0.717) is 6.42 Å². The molecule has 1 aliphatic heterocycles. The summed E-state index contributed by atoms with van der Waals surface area (Å²) in [5.41, 5.74) is 5.03. The fraction of sp³-hybridized carbons (Fsp3) is 0.833. The molecular formula is C12H24N2O3. The van der Waals surface area contributed by atoms with Crippen LogP contribution in [0.5, 0.6) is 0 Å². The zero-order chi connectivity index (χ0) is 13.9. The van der Waals surface area contributed by atoms with Crippen molar-refractivity contribution >= 4 is 12.0 Å². The second kappa shape index (κ2) is 5.49. The summed E-state index contributed by atoms with van der Waals surface area (Å²) < 4.78 is 4.93. The van der Waals surface area contributed by atoms with Gasteiger partial charge in [0.25, 0.3) is 5.91 Å². The number of carbonyl (C=O) groups excluding carboxylic acids is 2. The molecule has 1 unspecified atom stereocenters. The lowest BCUT2D eigenvalue weighted by Crippen LogP contribution is -2.45. The molecule has 2 amide bonds. The van der Waals surface area contributed by atoms with E-state index >= 15 is 0 Å². The summed E-state index contributed by atoms with van der Waals surface area (Å²) in [5, 5.41) is 2.12. The molecule has 1 saturated heterocycles. The number of amides is 2. The third kappa shape index (κ3) is 4.73. The van der Waals surface area contributed by atoms with Gasteiger partial charge in [-0.3, -0.25) is 10.1 Å². The first kappa shape index (κ1) is 15.9. The van der Waals surface area contributed by atoms with E-state index in [9.17, 15) is 9.59 Å². The van der Waals surface area contributed by atoms with E-state index in [4.69, 9.17) is 10.5 Å². The summed E-state index contributed by atoms with van der Waals surface area (Å²) in [6, 6.07) is 0. The van der Waals surface area contributed by atoms with Crippen LogP contribution in [-0.2, 0) is 9.53 Å². The molecule has 1 aliphatic rings. The van der Waals surface area contributed by atoms with Gasteiger partial charge < -0.3 is 10.5 Å². The van der Waals surface area contributed by atoms with Crippen molar-refractivity contribution in [3.05, 3.63) is 0 Å². The van der Waals surface area contributed by atoms with Gasteiger partial charge in [-0.2, -0.15) is 0 Å². The Hall–Kier alpha value is -1.10. The van der Waals surface area contributed by atoms with Gasteiger partial charge in [-0.25, -0.2) is 4.79 Å². The van der Waals surface area contributed by atoms with Gasteiger partial charge in [0.05, 0.1) is 0 Å². The van der Waals surface area contributed by atoms with Gasteiger partial charge in [0.2, 0.25) is 0 Å². The third-order valence-electron chi connectivity index (χ3n) is 2.31. The van der Waals surface area contributed by atoms with Gasteiger partial charge in [0, 0.05) is 11.0 Å². The summed E-state index contributed by atoms with van der Waals surface area (Å²) in [7, 11) is 0. The number of alkyl carbamates (subject to hydrolysis) is 1. The topological polar surface area (TPSA) is 81.4 Å².